The first-order chi connectivity index (χ1) is 12.2. The number of nitrogens with zero attached hydrogens (tertiary/aromatic N) is 3. The zero-order chi connectivity index (χ0) is 18.9. The lowest BCUT2D eigenvalue weighted by Crippen LogP contribution is -2.11. The number of benzene rings is 1. The molecular formula is C16H17F2N3O3S2. The highest BCUT2D eigenvalue weighted by molar-refractivity contribution is 7.99. The number of sulfone groups is 1. The maximum absolute atomic E-state index is 13.2. The lowest BCUT2D eigenvalue weighted by atomic mass is 10.1. The van der Waals surface area contributed by atoms with Crippen molar-refractivity contribution in [1.29, 1.82) is 0 Å². The minimum Gasteiger partial charge on any atom is -0.309 e. The Balaban J connectivity index is 1.61. The van der Waals surface area contributed by atoms with Crippen LogP contribution in [0.25, 0.3) is 0 Å². The number of rotatable bonds is 6. The van der Waals surface area contributed by atoms with Crippen LogP contribution in [-0.4, -0.2) is 46.2 Å². The molecule has 2 aromatic rings. The molecule has 0 radical (unpaired) electrons. The predicted octanol–water partition coefficient (Wildman–Crippen LogP) is 2.05. The molecule has 6 nitrogen and oxygen atoms in total. The molecule has 1 aliphatic heterocycles. The van der Waals surface area contributed by atoms with Crippen molar-refractivity contribution in [3.63, 3.8) is 0 Å². The van der Waals surface area contributed by atoms with Gasteiger partial charge in [-0.1, -0.05) is 11.8 Å². The van der Waals surface area contributed by atoms with Gasteiger partial charge in [-0.05, 0) is 30.5 Å². The summed E-state index contributed by atoms with van der Waals surface area (Å²) in [4.78, 5) is 12.1. The highest BCUT2D eigenvalue weighted by Gasteiger charge is 2.29. The molecule has 0 bridgehead atoms. The van der Waals surface area contributed by atoms with Crippen LogP contribution >= 0.6 is 11.8 Å². The van der Waals surface area contributed by atoms with Gasteiger partial charge in [0.25, 0.3) is 0 Å². The number of Topliss-reactive ketones (excluding diaryl/α,β-unsaturated/α-hetero) is 1. The van der Waals surface area contributed by atoms with Crippen LogP contribution in [0.5, 0.6) is 0 Å². The van der Waals surface area contributed by atoms with Crippen LogP contribution < -0.4 is 0 Å². The van der Waals surface area contributed by atoms with Crippen LogP contribution in [0, 0.1) is 17.6 Å². The monoisotopic (exact) mass is 401 g/mol. The summed E-state index contributed by atoms with van der Waals surface area (Å²) in [5, 5.41) is 8.62. The Morgan fingerprint density at radius 1 is 1.31 bits per heavy atom. The van der Waals surface area contributed by atoms with E-state index in [1.54, 1.807) is 11.6 Å². The van der Waals surface area contributed by atoms with Crippen LogP contribution in [0.4, 0.5) is 8.78 Å². The van der Waals surface area contributed by atoms with Crippen LogP contribution in [0.2, 0.25) is 0 Å². The molecule has 26 heavy (non-hydrogen) atoms. The van der Waals surface area contributed by atoms with Gasteiger partial charge in [-0.3, -0.25) is 4.79 Å². The first kappa shape index (κ1) is 19.0. The number of halogens is 2. The Morgan fingerprint density at radius 3 is 2.73 bits per heavy atom. The zero-order valence-electron chi connectivity index (χ0n) is 14.0. The van der Waals surface area contributed by atoms with E-state index in [4.69, 9.17) is 0 Å². The summed E-state index contributed by atoms with van der Waals surface area (Å²) in [6, 6.07) is 3.04. The molecular weight excluding hydrogens is 384 g/mol. The van der Waals surface area contributed by atoms with Gasteiger partial charge in [-0.25, -0.2) is 17.2 Å². The second-order valence-electron chi connectivity index (χ2n) is 6.27. The molecule has 2 heterocycles. The summed E-state index contributed by atoms with van der Waals surface area (Å²) < 4.78 is 51.0. The molecule has 0 amide bonds. The van der Waals surface area contributed by atoms with E-state index < -0.39 is 21.5 Å². The summed E-state index contributed by atoms with van der Waals surface area (Å²) in [5.74, 6) is -1.33. The van der Waals surface area contributed by atoms with Gasteiger partial charge in [0.1, 0.15) is 5.82 Å². The van der Waals surface area contributed by atoms with Gasteiger partial charge in [0.2, 0.25) is 0 Å². The molecule has 10 heteroatoms. The third-order valence-corrected chi connectivity index (χ3v) is 7.15. The second kappa shape index (κ2) is 7.43. The van der Waals surface area contributed by atoms with Crippen molar-refractivity contribution in [3.05, 3.63) is 41.2 Å². The number of aromatic nitrogens is 3. The molecule has 1 fully saturated rings. The Bertz CT molecular complexity index is 944. The van der Waals surface area contributed by atoms with Gasteiger partial charge in [0, 0.05) is 19.0 Å². The van der Waals surface area contributed by atoms with Gasteiger partial charge >= 0.3 is 0 Å². The molecule has 0 N–H and O–H groups in total. The summed E-state index contributed by atoms with van der Waals surface area (Å²) in [7, 11) is -1.19. The number of hydrogen-bond donors (Lipinski definition) is 0. The normalized spacial score (nSPS) is 19.0. The standard InChI is InChI=1S/C16H17F2N3O3S2/c1-21-15(6-10-4-5-26(23,24)9-10)19-20-16(21)25-8-14(22)11-2-3-12(17)13(18)7-11/h2-3,7,10H,4-6,8-9H2,1H3/t10-/m1/s1. The predicted molar refractivity (Wildman–Crippen MR) is 92.9 cm³/mol. The second-order valence-corrected chi connectivity index (χ2v) is 9.44. The highest BCUT2D eigenvalue weighted by atomic mass is 32.2. The van der Waals surface area contributed by atoms with Crippen molar-refractivity contribution in [3.8, 4) is 0 Å². The van der Waals surface area contributed by atoms with Crippen molar-refractivity contribution < 1.29 is 22.0 Å². The zero-order valence-corrected chi connectivity index (χ0v) is 15.6. The van der Waals surface area contributed by atoms with Gasteiger partial charge in [-0.15, -0.1) is 10.2 Å². The number of ketones is 1. The molecule has 0 saturated carbocycles. The molecule has 1 aliphatic rings. The van der Waals surface area contributed by atoms with Gasteiger partial charge in [0.05, 0.1) is 17.3 Å². The molecule has 0 spiro atoms. The van der Waals surface area contributed by atoms with Crippen LogP contribution in [0.15, 0.2) is 23.4 Å². The Labute approximate surface area is 153 Å². The minimum absolute atomic E-state index is 0.00878. The summed E-state index contributed by atoms with van der Waals surface area (Å²) in [5.41, 5.74) is 0.0926. The van der Waals surface area contributed by atoms with Crippen molar-refractivity contribution in [2.24, 2.45) is 13.0 Å². The largest absolute Gasteiger partial charge is 0.309 e. The summed E-state index contributed by atoms with van der Waals surface area (Å²) in [6.07, 6.45) is 1.13. The fourth-order valence-corrected chi connectivity index (χ4v) is 5.51. The van der Waals surface area contributed by atoms with E-state index in [1.165, 1.54) is 6.07 Å². The molecule has 0 unspecified atom stereocenters. The minimum atomic E-state index is -2.94. The van der Waals surface area contributed by atoms with E-state index >= 15 is 0 Å². The third kappa shape index (κ3) is 4.29. The van der Waals surface area contributed by atoms with Gasteiger partial charge in [0.15, 0.2) is 32.4 Å². The first-order valence-electron chi connectivity index (χ1n) is 7.95. The lowest BCUT2D eigenvalue weighted by molar-refractivity contribution is 0.102. The third-order valence-electron chi connectivity index (χ3n) is 4.30. The Morgan fingerprint density at radius 2 is 2.08 bits per heavy atom. The Kier molecular flexibility index (Phi) is 5.42. The first-order valence-corrected chi connectivity index (χ1v) is 10.8. The molecule has 3 rings (SSSR count). The molecule has 1 aromatic heterocycles. The van der Waals surface area contributed by atoms with E-state index in [0.717, 1.165) is 23.9 Å². The van der Waals surface area contributed by atoms with Crippen molar-refractivity contribution in [2.75, 3.05) is 17.3 Å². The van der Waals surface area contributed by atoms with E-state index in [1.807, 2.05) is 0 Å². The quantitative estimate of drug-likeness (QED) is 0.544. The number of carbonyl (C=O) groups is 1. The van der Waals surface area contributed by atoms with Crippen molar-refractivity contribution >= 4 is 27.4 Å². The van der Waals surface area contributed by atoms with Gasteiger partial charge < -0.3 is 4.57 Å². The number of carbonyl (C=O) groups excluding carboxylic acids is 1. The van der Waals surface area contributed by atoms with Crippen molar-refractivity contribution in [1.82, 2.24) is 14.8 Å². The van der Waals surface area contributed by atoms with E-state index in [0.29, 0.717) is 23.8 Å². The molecule has 1 atom stereocenters. The van der Waals surface area contributed by atoms with E-state index in [9.17, 15) is 22.0 Å². The smallest absolute Gasteiger partial charge is 0.191 e. The molecule has 140 valence electrons. The Hall–Kier alpha value is -1.81. The summed E-state index contributed by atoms with van der Waals surface area (Å²) >= 11 is 1.14. The average Bonchev–Trinajstić information content (AvgIpc) is 3.10. The summed E-state index contributed by atoms with van der Waals surface area (Å²) in [6.45, 7) is 0. The maximum atomic E-state index is 13.2. The molecule has 1 saturated heterocycles. The maximum Gasteiger partial charge on any atom is 0.191 e. The fourth-order valence-electron chi connectivity index (χ4n) is 2.82. The molecule has 1 aromatic carbocycles. The van der Waals surface area contributed by atoms with Crippen LogP contribution in [0.1, 0.15) is 22.6 Å². The van der Waals surface area contributed by atoms with E-state index in [-0.39, 0.29) is 34.5 Å². The van der Waals surface area contributed by atoms with E-state index in [2.05, 4.69) is 10.2 Å². The van der Waals surface area contributed by atoms with Crippen LogP contribution in [0.3, 0.4) is 0 Å². The topological polar surface area (TPSA) is 81.9 Å². The number of hydrogen-bond acceptors (Lipinski definition) is 6. The SMILES string of the molecule is Cn1c(C[C@H]2CCS(=O)(=O)C2)nnc1SCC(=O)c1ccc(F)c(F)c1. The molecule has 0 aliphatic carbocycles. The number of thioether (sulfide) groups is 1. The highest BCUT2D eigenvalue weighted by Crippen LogP contribution is 2.24. The fraction of sp³-hybridized carbons (Fsp3) is 0.438. The van der Waals surface area contributed by atoms with Gasteiger partial charge in [-0.2, -0.15) is 0 Å². The average molecular weight is 401 g/mol. The van der Waals surface area contributed by atoms with Crippen LogP contribution in [-0.2, 0) is 23.3 Å². The lowest BCUT2D eigenvalue weighted by Gasteiger charge is -2.07. The van der Waals surface area contributed by atoms with Crippen molar-refractivity contribution in [2.45, 2.75) is 18.0 Å².